The van der Waals surface area contributed by atoms with Crippen molar-refractivity contribution in [3.8, 4) is 0 Å². The van der Waals surface area contributed by atoms with Gasteiger partial charge >= 0.3 is 5.69 Å². The number of aryl methyl sites for hydroxylation is 1. The summed E-state index contributed by atoms with van der Waals surface area (Å²) in [5.41, 5.74) is 0.243. The summed E-state index contributed by atoms with van der Waals surface area (Å²) in [5.74, 6) is 0. The molecule has 1 aromatic heterocycles. The van der Waals surface area contributed by atoms with E-state index in [1.54, 1.807) is 6.92 Å². The zero-order chi connectivity index (χ0) is 11.7. The fraction of sp³-hybridized carbons (Fsp3) is 0.667. The fourth-order valence-corrected chi connectivity index (χ4v) is 2.26. The molecule has 0 saturated carbocycles. The minimum atomic E-state index is -0.495. The summed E-state index contributed by atoms with van der Waals surface area (Å²) in [6.45, 7) is 2.83. The largest absolute Gasteiger partial charge is 0.379 e. The SMILES string of the molecule is Cc1nn(C2CCCOC2)c(Cl)c1[N+](=O)[O-]. The van der Waals surface area contributed by atoms with Crippen LogP contribution in [0.25, 0.3) is 0 Å². The molecule has 0 N–H and O–H groups in total. The average molecular weight is 246 g/mol. The molecule has 16 heavy (non-hydrogen) atoms. The Labute approximate surface area is 97.3 Å². The Bertz CT molecular complexity index is 412. The lowest BCUT2D eigenvalue weighted by Crippen LogP contribution is -2.22. The van der Waals surface area contributed by atoms with Crippen molar-refractivity contribution in [2.75, 3.05) is 13.2 Å². The van der Waals surface area contributed by atoms with Crippen LogP contribution in [0.2, 0.25) is 5.15 Å². The Balaban J connectivity index is 2.34. The first kappa shape index (κ1) is 11.3. The van der Waals surface area contributed by atoms with Crippen LogP contribution in [0.1, 0.15) is 24.6 Å². The normalized spacial score (nSPS) is 21.0. The number of nitrogens with zero attached hydrogens (tertiary/aromatic N) is 3. The van der Waals surface area contributed by atoms with E-state index in [-0.39, 0.29) is 16.9 Å². The lowest BCUT2D eigenvalue weighted by Gasteiger charge is -2.22. The molecule has 1 unspecified atom stereocenters. The van der Waals surface area contributed by atoms with Gasteiger partial charge in [-0.05, 0) is 19.8 Å². The van der Waals surface area contributed by atoms with E-state index in [1.165, 1.54) is 4.68 Å². The third-order valence-corrected chi connectivity index (χ3v) is 3.01. The van der Waals surface area contributed by atoms with Gasteiger partial charge in [-0.15, -0.1) is 0 Å². The minimum absolute atomic E-state index is 0.00801. The lowest BCUT2D eigenvalue weighted by atomic mass is 10.1. The van der Waals surface area contributed by atoms with E-state index in [9.17, 15) is 10.1 Å². The average Bonchev–Trinajstić information content (AvgIpc) is 2.55. The highest BCUT2D eigenvalue weighted by molar-refractivity contribution is 6.31. The van der Waals surface area contributed by atoms with Gasteiger partial charge in [-0.1, -0.05) is 11.6 Å². The Morgan fingerprint density at radius 3 is 2.94 bits per heavy atom. The maximum Gasteiger partial charge on any atom is 0.328 e. The molecule has 7 heteroatoms. The van der Waals surface area contributed by atoms with E-state index < -0.39 is 4.92 Å². The van der Waals surface area contributed by atoms with Gasteiger partial charge in [-0.2, -0.15) is 5.10 Å². The highest BCUT2D eigenvalue weighted by Crippen LogP contribution is 2.32. The molecule has 1 aromatic rings. The number of halogens is 1. The number of hydrogen-bond donors (Lipinski definition) is 0. The lowest BCUT2D eigenvalue weighted by molar-refractivity contribution is -0.385. The van der Waals surface area contributed by atoms with E-state index in [2.05, 4.69) is 5.10 Å². The molecule has 6 nitrogen and oxygen atoms in total. The van der Waals surface area contributed by atoms with Gasteiger partial charge in [0.1, 0.15) is 5.69 Å². The number of nitro groups is 1. The van der Waals surface area contributed by atoms with E-state index >= 15 is 0 Å². The van der Waals surface area contributed by atoms with Gasteiger partial charge in [-0.25, -0.2) is 4.68 Å². The molecule has 88 valence electrons. The van der Waals surface area contributed by atoms with Gasteiger partial charge in [0, 0.05) is 6.61 Å². The monoisotopic (exact) mass is 245 g/mol. The van der Waals surface area contributed by atoms with Gasteiger partial charge in [0.25, 0.3) is 0 Å². The van der Waals surface area contributed by atoms with Crippen LogP contribution in [0, 0.1) is 17.0 Å². The molecule has 0 amide bonds. The molecule has 1 aliphatic heterocycles. The van der Waals surface area contributed by atoms with Crippen LogP contribution in [-0.4, -0.2) is 27.9 Å². The predicted molar refractivity (Wildman–Crippen MR) is 57.7 cm³/mol. The van der Waals surface area contributed by atoms with Crippen molar-refractivity contribution in [1.82, 2.24) is 9.78 Å². The summed E-state index contributed by atoms with van der Waals surface area (Å²) in [5, 5.41) is 15.0. The van der Waals surface area contributed by atoms with Crippen molar-refractivity contribution in [2.24, 2.45) is 0 Å². The first-order chi connectivity index (χ1) is 7.61. The summed E-state index contributed by atoms with van der Waals surface area (Å²) in [7, 11) is 0. The molecule has 0 bridgehead atoms. The van der Waals surface area contributed by atoms with Gasteiger partial charge in [-0.3, -0.25) is 10.1 Å². The van der Waals surface area contributed by atoms with Crippen molar-refractivity contribution in [1.29, 1.82) is 0 Å². The van der Waals surface area contributed by atoms with Crippen molar-refractivity contribution in [3.63, 3.8) is 0 Å². The van der Waals surface area contributed by atoms with E-state index in [4.69, 9.17) is 16.3 Å². The molecule has 1 fully saturated rings. The maximum absolute atomic E-state index is 10.8. The van der Waals surface area contributed by atoms with Crippen LogP contribution in [-0.2, 0) is 4.74 Å². The Kier molecular flexibility index (Phi) is 3.11. The third kappa shape index (κ3) is 1.90. The second kappa shape index (κ2) is 4.39. The molecule has 2 rings (SSSR count). The molecule has 0 radical (unpaired) electrons. The first-order valence-electron chi connectivity index (χ1n) is 5.08. The van der Waals surface area contributed by atoms with Crippen molar-refractivity contribution in [3.05, 3.63) is 21.0 Å². The highest BCUT2D eigenvalue weighted by Gasteiger charge is 2.28. The van der Waals surface area contributed by atoms with Crippen molar-refractivity contribution >= 4 is 17.3 Å². The summed E-state index contributed by atoms with van der Waals surface area (Å²) >= 11 is 5.96. The standard InChI is InChI=1S/C9H12ClN3O3/c1-6-8(13(14)15)9(10)12(11-6)7-3-2-4-16-5-7/h7H,2-5H2,1H3. The molecule has 1 atom stereocenters. The second-order valence-corrected chi connectivity index (χ2v) is 4.16. The second-order valence-electron chi connectivity index (χ2n) is 3.80. The maximum atomic E-state index is 10.8. The van der Waals surface area contributed by atoms with E-state index in [0.29, 0.717) is 12.3 Å². The summed E-state index contributed by atoms with van der Waals surface area (Å²) in [6.07, 6.45) is 1.81. The molecule has 0 spiro atoms. The van der Waals surface area contributed by atoms with Crippen LogP contribution in [0.5, 0.6) is 0 Å². The van der Waals surface area contributed by atoms with Crippen LogP contribution >= 0.6 is 11.6 Å². The number of rotatable bonds is 2. The Morgan fingerprint density at radius 2 is 2.44 bits per heavy atom. The molecular formula is C9H12ClN3O3. The topological polar surface area (TPSA) is 70.2 Å². The van der Waals surface area contributed by atoms with E-state index in [1.807, 2.05) is 0 Å². The Hall–Kier alpha value is -1.14. The van der Waals surface area contributed by atoms with Gasteiger partial charge in [0.2, 0.25) is 5.15 Å². The molecule has 0 aromatic carbocycles. The molecule has 0 aliphatic carbocycles. The molecule has 1 saturated heterocycles. The van der Waals surface area contributed by atoms with Gasteiger partial charge in [0.05, 0.1) is 17.6 Å². The third-order valence-electron chi connectivity index (χ3n) is 2.66. The van der Waals surface area contributed by atoms with Crippen LogP contribution in [0.15, 0.2) is 0 Å². The van der Waals surface area contributed by atoms with Gasteiger partial charge < -0.3 is 4.74 Å². The number of ether oxygens (including phenoxy) is 1. The summed E-state index contributed by atoms with van der Waals surface area (Å²) < 4.78 is 6.82. The minimum Gasteiger partial charge on any atom is -0.379 e. The summed E-state index contributed by atoms with van der Waals surface area (Å²) in [4.78, 5) is 10.3. The van der Waals surface area contributed by atoms with Gasteiger partial charge in [0.15, 0.2) is 0 Å². The first-order valence-corrected chi connectivity index (χ1v) is 5.45. The Morgan fingerprint density at radius 1 is 1.69 bits per heavy atom. The molecule has 2 heterocycles. The predicted octanol–water partition coefficient (Wildman–Crippen LogP) is 2.10. The van der Waals surface area contributed by atoms with Crippen LogP contribution in [0.3, 0.4) is 0 Å². The van der Waals surface area contributed by atoms with Crippen LogP contribution < -0.4 is 0 Å². The quantitative estimate of drug-likeness (QED) is 0.591. The van der Waals surface area contributed by atoms with Crippen LogP contribution in [0.4, 0.5) is 5.69 Å². The van der Waals surface area contributed by atoms with E-state index in [0.717, 1.165) is 19.4 Å². The smallest absolute Gasteiger partial charge is 0.328 e. The fourth-order valence-electron chi connectivity index (χ4n) is 1.88. The zero-order valence-electron chi connectivity index (χ0n) is 8.85. The summed E-state index contributed by atoms with van der Waals surface area (Å²) in [6, 6.07) is 0.00801. The molecule has 1 aliphatic rings. The zero-order valence-corrected chi connectivity index (χ0v) is 9.61. The number of aromatic nitrogens is 2. The highest BCUT2D eigenvalue weighted by atomic mass is 35.5. The van der Waals surface area contributed by atoms with Crippen molar-refractivity contribution < 1.29 is 9.66 Å². The van der Waals surface area contributed by atoms with Crippen molar-refractivity contribution in [2.45, 2.75) is 25.8 Å². The molecular weight excluding hydrogens is 234 g/mol. The number of hydrogen-bond acceptors (Lipinski definition) is 4.